The van der Waals surface area contributed by atoms with Crippen LogP contribution in [0.1, 0.15) is 0 Å². The molecule has 1 aromatic rings. The average molecular weight is 315 g/mol. The number of ether oxygens (including phenoxy) is 1. The van der Waals surface area contributed by atoms with Gasteiger partial charge >= 0.3 is 10.2 Å². The van der Waals surface area contributed by atoms with E-state index in [9.17, 15) is 13.2 Å². The first-order valence-electron chi connectivity index (χ1n) is 6.40. The van der Waals surface area contributed by atoms with Crippen LogP contribution < -0.4 is 9.62 Å². The summed E-state index contributed by atoms with van der Waals surface area (Å²) < 4.78 is 31.7. The predicted octanol–water partition coefficient (Wildman–Crippen LogP) is 0.0620. The smallest absolute Gasteiger partial charge is 0.304 e. The molecule has 0 heterocycles. The molecule has 0 spiro atoms. The second-order valence-electron chi connectivity index (χ2n) is 4.48. The number of carbonyl (C=O) groups excluding carboxylic acids is 1. The van der Waals surface area contributed by atoms with Crippen LogP contribution in [0.15, 0.2) is 30.3 Å². The van der Waals surface area contributed by atoms with Gasteiger partial charge in [-0.25, -0.2) is 4.31 Å². The minimum absolute atomic E-state index is 0.283. The van der Waals surface area contributed by atoms with Gasteiger partial charge in [0.1, 0.15) is 6.54 Å². The van der Waals surface area contributed by atoms with Gasteiger partial charge < -0.3 is 10.1 Å². The molecule has 0 unspecified atom stereocenters. The van der Waals surface area contributed by atoms with Gasteiger partial charge in [0, 0.05) is 27.7 Å². The van der Waals surface area contributed by atoms with Crippen LogP contribution in [0, 0.1) is 0 Å². The van der Waals surface area contributed by atoms with Crippen molar-refractivity contribution in [3.05, 3.63) is 30.3 Å². The Bertz CT molecular complexity index is 546. The van der Waals surface area contributed by atoms with Gasteiger partial charge in [0.05, 0.1) is 12.3 Å². The third-order valence-electron chi connectivity index (χ3n) is 2.70. The van der Waals surface area contributed by atoms with E-state index in [1.807, 2.05) is 0 Å². The fraction of sp³-hybridized carbons (Fsp3) is 0.462. The fourth-order valence-electron chi connectivity index (χ4n) is 1.58. The zero-order chi connectivity index (χ0) is 15.9. The molecule has 7 nitrogen and oxygen atoms in total. The van der Waals surface area contributed by atoms with Crippen molar-refractivity contribution in [1.82, 2.24) is 9.62 Å². The molecule has 1 aromatic carbocycles. The van der Waals surface area contributed by atoms with E-state index >= 15 is 0 Å². The standard InChI is InChI=1S/C13H21N3O4S/c1-15(2)21(18,19)16(12-7-5-4-6-8-12)11-13(17)14-9-10-20-3/h4-8H,9-11H2,1-3H3,(H,14,17). The molecule has 0 aliphatic heterocycles. The summed E-state index contributed by atoms with van der Waals surface area (Å²) in [5, 5.41) is 2.61. The van der Waals surface area contributed by atoms with Crippen molar-refractivity contribution in [2.75, 3.05) is 45.2 Å². The molecule has 1 rings (SSSR count). The molecule has 1 N–H and O–H groups in total. The largest absolute Gasteiger partial charge is 0.383 e. The Labute approximate surface area is 125 Å². The molecule has 8 heteroatoms. The summed E-state index contributed by atoms with van der Waals surface area (Å²) in [4.78, 5) is 11.9. The monoisotopic (exact) mass is 315 g/mol. The van der Waals surface area contributed by atoms with Gasteiger partial charge in [-0.15, -0.1) is 0 Å². The molecule has 0 fully saturated rings. The van der Waals surface area contributed by atoms with E-state index in [1.54, 1.807) is 30.3 Å². The summed E-state index contributed by atoms with van der Waals surface area (Å²) in [6.45, 7) is 0.422. The van der Waals surface area contributed by atoms with Crippen LogP contribution >= 0.6 is 0 Å². The highest BCUT2D eigenvalue weighted by molar-refractivity contribution is 7.90. The number of para-hydroxylation sites is 1. The predicted molar refractivity (Wildman–Crippen MR) is 81.3 cm³/mol. The quantitative estimate of drug-likeness (QED) is 0.688. The summed E-state index contributed by atoms with van der Waals surface area (Å²) in [6.07, 6.45) is 0. The second-order valence-corrected chi connectivity index (χ2v) is 6.54. The Morgan fingerprint density at radius 1 is 1.24 bits per heavy atom. The van der Waals surface area contributed by atoms with Gasteiger partial charge in [-0.3, -0.25) is 4.79 Å². The van der Waals surface area contributed by atoms with Crippen LogP contribution in [-0.4, -0.2) is 59.5 Å². The Kier molecular flexibility index (Phi) is 6.60. The SMILES string of the molecule is COCCNC(=O)CN(c1ccccc1)S(=O)(=O)N(C)C. The van der Waals surface area contributed by atoms with Gasteiger partial charge in [0.2, 0.25) is 5.91 Å². The lowest BCUT2D eigenvalue weighted by Crippen LogP contribution is -2.46. The van der Waals surface area contributed by atoms with Crippen LogP contribution in [0.4, 0.5) is 5.69 Å². The minimum atomic E-state index is -3.74. The van der Waals surface area contributed by atoms with Crippen molar-refractivity contribution >= 4 is 21.8 Å². The first-order chi connectivity index (χ1) is 9.89. The van der Waals surface area contributed by atoms with Crippen molar-refractivity contribution in [3.8, 4) is 0 Å². The topological polar surface area (TPSA) is 79.0 Å². The molecule has 0 saturated heterocycles. The van der Waals surface area contributed by atoms with Gasteiger partial charge in [0.15, 0.2) is 0 Å². The second kappa shape index (κ2) is 7.96. The van der Waals surface area contributed by atoms with Gasteiger partial charge in [0.25, 0.3) is 0 Å². The first-order valence-corrected chi connectivity index (χ1v) is 7.80. The lowest BCUT2D eigenvalue weighted by atomic mass is 10.3. The molecule has 0 aliphatic rings. The van der Waals surface area contributed by atoms with Gasteiger partial charge in [-0.2, -0.15) is 12.7 Å². The highest BCUT2D eigenvalue weighted by atomic mass is 32.2. The molecule has 0 radical (unpaired) electrons. The third-order valence-corrected chi connectivity index (χ3v) is 4.52. The van der Waals surface area contributed by atoms with Gasteiger partial charge in [-0.1, -0.05) is 18.2 Å². The van der Waals surface area contributed by atoms with E-state index in [1.165, 1.54) is 21.2 Å². The van der Waals surface area contributed by atoms with Crippen molar-refractivity contribution in [3.63, 3.8) is 0 Å². The maximum absolute atomic E-state index is 12.3. The number of amides is 1. The van der Waals surface area contributed by atoms with Gasteiger partial charge in [-0.05, 0) is 12.1 Å². The van der Waals surface area contributed by atoms with Crippen LogP contribution in [0.3, 0.4) is 0 Å². The van der Waals surface area contributed by atoms with Crippen molar-refractivity contribution in [2.24, 2.45) is 0 Å². The summed E-state index contributed by atoms with van der Waals surface area (Å²) in [6, 6.07) is 8.50. The van der Waals surface area contributed by atoms with Crippen molar-refractivity contribution in [1.29, 1.82) is 0 Å². The average Bonchev–Trinajstić information content (AvgIpc) is 2.45. The number of hydrogen-bond donors (Lipinski definition) is 1. The lowest BCUT2D eigenvalue weighted by molar-refractivity contribution is -0.119. The number of carbonyl (C=O) groups is 1. The van der Waals surface area contributed by atoms with Crippen LogP contribution in [-0.2, 0) is 19.7 Å². The maximum atomic E-state index is 12.3. The zero-order valence-electron chi connectivity index (χ0n) is 12.4. The minimum Gasteiger partial charge on any atom is -0.383 e. The van der Waals surface area contributed by atoms with E-state index in [-0.39, 0.29) is 12.5 Å². The Morgan fingerprint density at radius 2 is 1.86 bits per heavy atom. The molecule has 0 aromatic heterocycles. The molecule has 0 aliphatic carbocycles. The number of methoxy groups -OCH3 is 1. The molecule has 1 amide bonds. The van der Waals surface area contributed by atoms with E-state index < -0.39 is 10.2 Å². The normalized spacial score (nSPS) is 11.4. The number of nitrogens with one attached hydrogen (secondary N) is 1. The highest BCUT2D eigenvalue weighted by Gasteiger charge is 2.26. The number of anilines is 1. The Morgan fingerprint density at radius 3 is 2.38 bits per heavy atom. The van der Waals surface area contributed by atoms with Crippen LogP contribution in [0.5, 0.6) is 0 Å². The highest BCUT2D eigenvalue weighted by Crippen LogP contribution is 2.18. The molecular weight excluding hydrogens is 294 g/mol. The molecular formula is C13H21N3O4S. The number of benzene rings is 1. The summed E-state index contributed by atoms with van der Waals surface area (Å²) in [7, 11) is 0.633. The molecule has 21 heavy (non-hydrogen) atoms. The van der Waals surface area contributed by atoms with E-state index in [4.69, 9.17) is 4.74 Å². The van der Waals surface area contributed by atoms with E-state index in [0.29, 0.717) is 18.8 Å². The maximum Gasteiger partial charge on any atom is 0.304 e. The molecule has 0 saturated carbocycles. The Balaban J connectivity index is 2.92. The lowest BCUT2D eigenvalue weighted by Gasteiger charge is -2.26. The van der Waals surface area contributed by atoms with Crippen molar-refractivity contribution in [2.45, 2.75) is 0 Å². The summed E-state index contributed by atoms with van der Waals surface area (Å²) in [5.41, 5.74) is 0.438. The zero-order valence-corrected chi connectivity index (χ0v) is 13.3. The summed E-state index contributed by atoms with van der Waals surface area (Å²) >= 11 is 0. The molecule has 0 bridgehead atoms. The third kappa shape index (κ3) is 5.00. The van der Waals surface area contributed by atoms with Crippen LogP contribution in [0.2, 0.25) is 0 Å². The molecule has 118 valence electrons. The Hall–Kier alpha value is -1.64. The number of hydrogen-bond acceptors (Lipinski definition) is 4. The van der Waals surface area contributed by atoms with Crippen LogP contribution in [0.25, 0.3) is 0 Å². The van der Waals surface area contributed by atoms with E-state index in [0.717, 1.165) is 8.61 Å². The summed E-state index contributed by atoms with van der Waals surface area (Å²) in [5.74, 6) is -0.388. The fourth-order valence-corrected chi connectivity index (χ4v) is 2.64. The van der Waals surface area contributed by atoms with Crippen molar-refractivity contribution < 1.29 is 17.9 Å². The van der Waals surface area contributed by atoms with E-state index in [2.05, 4.69) is 5.32 Å². The first kappa shape index (κ1) is 17.4. The molecule has 0 atom stereocenters. The number of rotatable bonds is 8. The number of nitrogens with zero attached hydrogens (tertiary/aromatic N) is 2.